The quantitative estimate of drug-likeness (QED) is 0.382. The Labute approximate surface area is 235 Å². The monoisotopic (exact) mass is 508 g/mol. The second-order valence-electron chi connectivity index (χ2n) is 13.8. The fourth-order valence-electron chi connectivity index (χ4n) is 4.72. The molecule has 0 aliphatic carbocycles. The summed E-state index contributed by atoms with van der Waals surface area (Å²) in [5, 5.41) is 0. The molecule has 0 radical (unpaired) electrons. The molecular formula is C29H42NaO4P. The first-order chi connectivity index (χ1) is 15.1. The normalized spacial score (nSPS) is 16.0. The van der Waals surface area contributed by atoms with E-state index in [0.29, 0.717) is 17.9 Å². The van der Waals surface area contributed by atoms with Gasteiger partial charge in [0.05, 0.1) is 0 Å². The van der Waals surface area contributed by atoms with E-state index in [-0.39, 0.29) is 51.2 Å². The van der Waals surface area contributed by atoms with E-state index in [1.165, 1.54) is 11.1 Å². The van der Waals surface area contributed by atoms with E-state index in [1.54, 1.807) is 0 Å². The van der Waals surface area contributed by atoms with Crippen LogP contribution in [0.15, 0.2) is 24.3 Å². The molecule has 0 N–H and O–H groups in total. The van der Waals surface area contributed by atoms with E-state index >= 15 is 0 Å². The Balaban J connectivity index is 0.00000432. The molecule has 1 heterocycles. The zero-order chi connectivity index (χ0) is 26.1. The number of hydrogen-bond acceptors (Lipinski definition) is 4. The van der Waals surface area contributed by atoms with Gasteiger partial charge in [-0.1, -0.05) is 95.2 Å². The number of rotatable bonds is 0. The van der Waals surface area contributed by atoms with Crippen LogP contribution in [0.5, 0.6) is 11.5 Å². The van der Waals surface area contributed by atoms with Gasteiger partial charge in [-0.05, 0) is 62.5 Å². The predicted molar refractivity (Wildman–Crippen MR) is 139 cm³/mol. The first kappa shape index (κ1) is 30.5. The van der Waals surface area contributed by atoms with Gasteiger partial charge < -0.3 is 13.9 Å². The van der Waals surface area contributed by atoms with Gasteiger partial charge in [0.2, 0.25) is 0 Å². The Kier molecular flexibility index (Phi) is 8.28. The molecule has 0 saturated heterocycles. The van der Waals surface area contributed by atoms with Crippen molar-refractivity contribution in [3.63, 3.8) is 0 Å². The van der Waals surface area contributed by atoms with Gasteiger partial charge in [0.1, 0.15) is 11.5 Å². The van der Waals surface area contributed by atoms with E-state index in [2.05, 4.69) is 95.2 Å². The molecule has 1 aliphatic rings. The van der Waals surface area contributed by atoms with Crippen molar-refractivity contribution in [1.29, 1.82) is 0 Å². The summed E-state index contributed by atoms with van der Waals surface area (Å²) in [6.45, 7) is 25.6. The van der Waals surface area contributed by atoms with Gasteiger partial charge in [0.25, 0.3) is 0 Å². The Morgan fingerprint density at radius 3 is 1.14 bits per heavy atom. The van der Waals surface area contributed by atoms with Gasteiger partial charge in [0.15, 0.2) is 0 Å². The molecule has 0 atom stereocenters. The zero-order valence-corrected chi connectivity index (χ0v) is 27.0. The summed E-state index contributed by atoms with van der Waals surface area (Å²) in [4.78, 5) is 13.2. The van der Waals surface area contributed by atoms with Crippen LogP contribution < -0.4 is 43.5 Å². The molecule has 0 aromatic heterocycles. The van der Waals surface area contributed by atoms with Crippen LogP contribution in [0.4, 0.5) is 0 Å². The molecule has 2 aromatic carbocycles. The average Bonchev–Trinajstić information content (AvgIpc) is 2.56. The third-order valence-electron chi connectivity index (χ3n) is 6.44. The Morgan fingerprint density at radius 2 is 0.886 bits per heavy atom. The fraction of sp³-hybridized carbons (Fsp3) is 0.586. The minimum absolute atomic E-state index is 0. The number of benzene rings is 2. The van der Waals surface area contributed by atoms with Crippen LogP contribution in [0, 0.1) is 0 Å². The minimum Gasteiger partial charge on any atom is -0.736 e. The molecule has 2 aromatic rings. The maximum atomic E-state index is 13.2. The average molecular weight is 509 g/mol. The first-order valence-electron chi connectivity index (χ1n) is 12.2. The summed E-state index contributed by atoms with van der Waals surface area (Å²) in [5.41, 5.74) is 5.43. The Bertz CT molecular complexity index is 1070. The zero-order valence-electron chi connectivity index (χ0n) is 24.1. The molecule has 0 amide bonds. The number of hydrogen-bond donors (Lipinski definition) is 0. The van der Waals surface area contributed by atoms with Gasteiger partial charge in [-0.3, -0.25) is 0 Å². The summed E-state index contributed by atoms with van der Waals surface area (Å²) >= 11 is 0. The second-order valence-corrected chi connectivity index (χ2v) is 15.1. The van der Waals surface area contributed by atoms with Crippen LogP contribution >= 0.6 is 7.82 Å². The number of phosphoric acid groups is 1. The van der Waals surface area contributed by atoms with Crippen molar-refractivity contribution in [3.05, 3.63) is 57.6 Å². The molecule has 188 valence electrons. The van der Waals surface area contributed by atoms with E-state index < -0.39 is 7.82 Å². The standard InChI is InChI=1S/C29H43O4P.Na/c1-26(2,3)20-16-22(28(7,8)9)24-14-18(20)13-19-15-25(33-34(30,31)32-24)23(29(10,11)12)17-21(19)27(4,5)6;/h14-17H,13H2,1-12H3,(H,30,31);/q;+1/p-1. The molecule has 35 heavy (non-hydrogen) atoms. The molecule has 4 nitrogen and oxygen atoms in total. The van der Waals surface area contributed by atoms with Gasteiger partial charge in [-0.25, -0.2) is 4.57 Å². The number of phosphoric ester groups is 1. The van der Waals surface area contributed by atoms with Crippen molar-refractivity contribution >= 4 is 7.82 Å². The Morgan fingerprint density at radius 1 is 0.600 bits per heavy atom. The molecule has 1 aliphatic heterocycles. The Hall–Kier alpha value is -0.770. The third kappa shape index (κ3) is 6.76. The molecule has 4 bridgehead atoms. The summed E-state index contributed by atoms with van der Waals surface area (Å²) < 4.78 is 24.6. The summed E-state index contributed by atoms with van der Waals surface area (Å²) in [6, 6.07) is 8.11. The van der Waals surface area contributed by atoms with Crippen molar-refractivity contribution < 1.29 is 48.1 Å². The molecule has 3 rings (SSSR count). The molecule has 0 fully saturated rings. The van der Waals surface area contributed by atoms with E-state index in [0.717, 1.165) is 22.3 Å². The van der Waals surface area contributed by atoms with E-state index in [9.17, 15) is 9.46 Å². The van der Waals surface area contributed by atoms with Gasteiger partial charge >= 0.3 is 37.4 Å². The smallest absolute Gasteiger partial charge is 0.736 e. The maximum absolute atomic E-state index is 13.2. The molecule has 0 unspecified atom stereocenters. The van der Waals surface area contributed by atoms with Crippen LogP contribution in [0.1, 0.15) is 116 Å². The second kappa shape index (κ2) is 9.52. The van der Waals surface area contributed by atoms with Gasteiger partial charge in [0, 0.05) is 11.1 Å². The van der Waals surface area contributed by atoms with Crippen molar-refractivity contribution in [2.24, 2.45) is 0 Å². The fourth-order valence-corrected chi connectivity index (χ4v) is 5.54. The van der Waals surface area contributed by atoms with E-state index in [1.807, 2.05) is 12.1 Å². The summed E-state index contributed by atoms with van der Waals surface area (Å²) in [6.07, 6.45) is 0.671. The van der Waals surface area contributed by atoms with E-state index in [4.69, 9.17) is 9.05 Å². The van der Waals surface area contributed by atoms with Crippen molar-refractivity contribution in [1.82, 2.24) is 0 Å². The largest absolute Gasteiger partial charge is 1.00 e. The van der Waals surface area contributed by atoms with Crippen LogP contribution in [-0.2, 0) is 32.6 Å². The van der Waals surface area contributed by atoms with Crippen molar-refractivity contribution in [2.75, 3.05) is 0 Å². The predicted octanol–water partition coefficient (Wildman–Crippen LogP) is 4.71. The van der Waals surface area contributed by atoms with Crippen LogP contribution in [0.3, 0.4) is 0 Å². The topological polar surface area (TPSA) is 58.6 Å². The SMILES string of the molecule is CC(C)(C)c1cc(C(C)(C)C)c2cc1Cc1cc(c(C(C)(C)C)cc1C(C)(C)C)OP(=O)([O-])O2.[Na+]. The number of fused-ring (bicyclic) bond motifs is 4. The van der Waals surface area contributed by atoms with Crippen LogP contribution in [0.25, 0.3) is 0 Å². The molecule has 0 spiro atoms. The first-order valence-corrected chi connectivity index (χ1v) is 13.6. The summed E-state index contributed by atoms with van der Waals surface area (Å²) in [5.74, 6) is 0.710. The molecule has 0 saturated carbocycles. The van der Waals surface area contributed by atoms with Crippen LogP contribution in [-0.4, -0.2) is 0 Å². The van der Waals surface area contributed by atoms with Crippen molar-refractivity contribution in [2.45, 2.75) is 111 Å². The van der Waals surface area contributed by atoms with Gasteiger partial charge in [-0.15, -0.1) is 0 Å². The van der Waals surface area contributed by atoms with Gasteiger partial charge in [-0.2, -0.15) is 0 Å². The van der Waals surface area contributed by atoms with Crippen molar-refractivity contribution in [3.8, 4) is 11.5 Å². The molecular weight excluding hydrogens is 466 g/mol. The maximum Gasteiger partial charge on any atom is 1.00 e. The third-order valence-corrected chi connectivity index (χ3v) is 7.28. The summed E-state index contributed by atoms with van der Waals surface area (Å²) in [7, 11) is -4.68. The minimum atomic E-state index is -4.68. The van der Waals surface area contributed by atoms with Crippen LogP contribution in [0.2, 0.25) is 0 Å². The molecule has 6 heteroatoms.